The van der Waals surface area contributed by atoms with Gasteiger partial charge in [-0.3, -0.25) is 9.48 Å². The molecular formula is C33H29N7O2S. The molecule has 0 spiro atoms. The van der Waals surface area contributed by atoms with Gasteiger partial charge in [0, 0.05) is 69.5 Å². The standard InChI is InChI=1S/C33H29N7O2S/c1-5-27(41)36-15-23-7-6-22(14-19(23)2)30-28(21-8-10-25(11-9-21)42-33-35-13-12-20(3)39-33)29-31(43-30)26(17-37-32(29)34)24-16-38-40(4)18-24/h5-14,16-18H,1,15H2,2-4H3,(H2,34,37)(H,36,41). The number of nitrogens with zero attached hydrogens (tertiary/aromatic N) is 5. The van der Waals surface area contributed by atoms with E-state index >= 15 is 0 Å². The van der Waals surface area contributed by atoms with Gasteiger partial charge in [-0.25, -0.2) is 15.0 Å². The van der Waals surface area contributed by atoms with E-state index in [1.807, 2.05) is 75.9 Å². The fraction of sp³-hybridized carbons (Fsp3) is 0.121. The summed E-state index contributed by atoms with van der Waals surface area (Å²) in [5.74, 6) is 0.871. The number of hydrogen-bond donors (Lipinski definition) is 2. The van der Waals surface area contributed by atoms with Crippen LogP contribution in [0.2, 0.25) is 0 Å². The van der Waals surface area contributed by atoms with Crippen LogP contribution in [-0.4, -0.2) is 30.6 Å². The molecule has 0 aliphatic rings. The van der Waals surface area contributed by atoms with Crippen LogP contribution in [0.4, 0.5) is 5.82 Å². The molecule has 0 bridgehead atoms. The van der Waals surface area contributed by atoms with Gasteiger partial charge in [0.25, 0.3) is 0 Å². The highest BCUT2D eigenvalue weighted by Crippen LogP contribution is 2.49. The van der Waals surface area contributed by atoms with E-state index in [9.17, 15) is 4.79 Å². The van der Waals surface area contributed by atoms with Crippen molar-refractivity contribution in [3.63, 3.8) is 0 Å². The SMILES string of the molecule is C=CC(=O)NCc1ccc(-c2sc3c(-c4cnn(C)c4)cnc(N)c3c2-c2ccc(Oc3nccc(C)n3)cc2)cc1C. The molecule has 2 aromatic carbocycles. The highest BCUT2D eigenvalue weighted by molar-refractivity contribution is 7.23. The number of nitrogens with two attached hydrogens (primary N) is 1. The molecule has 0 aliphatic carbocycles. The second-order valence-electron chi connectivity index (χ2n) is 10.1. The number of pyridine rings is 1. The topological polar surface area (TPSA) is 121 Å². The Balaban J connectivity index is 1.49. The summed E-state index contributed by atoms with van der Waals surface area (Å²) in [6.07, 6.45) is 8.57. The predicted molar refractivity (Wildman–Crippen MR) is 171 cm³/mol. The lowest BCUT2D eigenvalue weighted by atomic mass is 9.96. The average Bonchev–Trinajstić information content (AvgIpc) is 3.62. The van der Waals surface area contributed by atoms with Crippen molar-refractivity contribution in [3.8, 4) is 44.5 Å². The summed E-state index contributed by atoms with van der Waals surface area (Å²) in [7, 11) is 1.89. The number of hydrogen-bond acceptors (Lipinski definition) is 8. The smallest absolute Gasteiger partial charge is 0.322 e. The zero-order chi connectivity index (χ0) is 30.1. The first-order valence-corrected chi connectivity index (χ1v) is 14.4. The summed E-state index contributed by atoms with van der Waals surface area (Å²) in [6.45, 7) is 7.89. The van der Waals surface area contributed by atoms with E-state index in [0.717, 1.165) is 59.6 Å². The lowest BCUT2D eigenvalue weighted by molar-refractivity contribution is -0.116. The third kappa shape index (κ3) is 5.60. The van der Waals surface area contributed by atoms with Gasteiger partial charge in [0.05, 0.1) is 6.20 Å². The van der Waals surface area contributed by atoms with Crippen LogP contribution in [0, 0.1) is 13.8 Å². The Morgan fingerprint density at radius 2 is 1.86 bits per heavy atom. The maximum atomic E-state index is 11.7. The van der Waals surface area contributed by atoms with Gasteiger partial charge in [-0.15, -0.1) is 11.3 Å². The number of ether oxygens (including phenoxy) is 1. The van der Waals surface area contributed by atoms with E-state index in [-0.39, 0.29) is 5.91 Å². The zero-order valence-corrected chi connectivity index (χ0v) is 24.8. The van der Waals surface area contributed by atoms with Crippen molar-refractivity contribution in [1.82, 2.24) is 30.0 Å². The maximum absolute atomic E-state index is 11.7. The molecule has 1 amide bonds. The van der Waals surface area contributed by atoms with Crippen LogP contribution in [0.5, 0.6) is 11.8 Å². The van der Waals surface area contributed by atoms with Crippen LogP contribution in [0.25, 0.3) is 42.8 Å². The minimum absolute atomic E-state index is 0.206. The van der Waals surface area contributed by atoms with Crippen LogP contribution in [0.15, 0.2) is 86.0 Å². The maximum Gasteiger partial charge on any atom is 0.322 e. The van der Waals surface area contributed by atoms with Gasteiger partial charge >= 0.3 is 6.01 Å². The van der Waals surface area contributed by atoms with Crippen molar-refractivity contribution in [1.29, 1.82) is 0 Å². The van der Waals surface area contributed by atoms with Gasteiger partial charge < -0.3 is 15.8 Å². The lowest BCUT2D eigenvalue weighted by Crippen LogP contribution is -2.20. The van der Waals surface area contributed by atoms with E-state index in [1.54, 1.807) is 22.2 Å². The van der Waals surface area contributed by atoms with Gasteiger partial charge in [0.15, 0.2) is 0 Å². The van der Waals surface area contributed by atoms with Gasteiger partial charge in [-0.05, 0) is 60.4 Å². The highest BCUT2D eigenvalue weighted by Gasteiger charge is 2.22. The minimum atomic E-state index is -0.206. The number of carbonyl (C=O) groups is 1. The number of carbonyl (C=O) groups excluding carboxylic acids is 1. The molecule has 3 N–H and O–H groups in total. The second kappa shape index (κ2) is 11.5. The number of aromatic nitrogens is 5. The summed E-state index contributed by atoms with van der Waals surface area (Å²) in [6, 6.07) is 16.2. The van der Waals surface area contributed by atoms with Crippen molar-refractivity contribution >= 4 is 33.1 Å². The summed E-state index contributed by atoms with van der Waals surface area (Å²) in [5, 5.41) is 8.12. The van der Waals surface area contributed by atoms with Crippen LogP contribution in [-0.2, 0) is 18.4 Å². The zero-order valence-electron chi connectivity index (χ0n) is 24.0. The van der Waals surface area contributed by atoms with Crippen LogP contribution in [0.3, 0.4) is 0 Å². The highest BCUT2D eigenvalue weighted by atomic mass is 32.1. The molecular weight excluding hydrogens is 558 g/mol. The van der Waals surface area contributed by atoms with Crippen LogP contribution >= 0.6 is 11.3 Å². The van der Waals surface area contributed by atoms with E-state index in [2.05, 4.69) is 44.1 Å². The largest absolute Gasteiger partial charge is 0.424 e. The fourth-order valence-corrected chi connectivity index (χ4v) is 6.29. The summed E-state index contributed by atoms with van der Waals surface area (Å²) < 4.78 is 8.71. The van der Waals surface area contributed by atoms with Crippen molar-refractivity contribution in [2.24, 2.45) is 7.05 Å². The molecule has 0 saturated carbocycles. The number of fused-ring (bicyclic) bond motifs is 1. The molecule has 6 rings (SSSR count). The van der Waals surface area contributed by atoms with Gasteiger partial charge in [0.2, 0.25) is 5.91 Å². The third-order valence-corrected chi connectivity index (χ3v) is 8.40. The molecule has 0 unspecified atom stereocenters. The van der Waals surface area contributed by atoms with Crippen LogP contribution in [0.1, 0.15) is 16.8 Å². The third-order valence-electron chi connectivity index (χ3n) is 7.13. The van der Waals surface area contributed by atoms with E-state index in [1.165, 1.54) is 6.08 Å². The van der Waals surface area contributed by atoms with E-state index < -0.39 is 0 Å². The molecule has 10 heteroatoms. The number of benzene rings is 2. The molecule has 0 radical (unpaired) electrons. The first kappa shape index (κ1) is 27.8. The quantitative estimate of drug-likeness (QED) is 0.192. The Kier molecular flexibility index (Phi) is 7.43. The van der Waals surface area contributed by atoms with Crippen molar-refractivity contribution in [2.45, 2.75) is 20.4 Å². The van der Waals surface area contributed by atoms with Crippen molar-refractivity contribution in [3.05, 3.63) is 103 Å². The molecule has 6 aromatic rings. The van der Waals surface area contributed by atoms with E-state index in [0.29, 0.717) is 24.1 Å². The summed E-state index contributed by atoms with van der Waals surface area (Å²) >= 11 is 1.67. The number of aryl methyl sites for hydroxylation is 3. The molecule has 9 nitrogen and oxygen atoms in total. The molecule has 0 aliphatic heterocycles. The second-order valence-corrected chi connectivity index (χ2v) is 11.2. The number of anilines is 1. The molecule has 0 saturated heterocycles. The Labute approximate surface area is 252 Å². The lowest BCUT2D eigenvalue weighted by Gasteiger charge is -2.11. The predicted octanol–water partition coefficient (Wildman–Crippen LogP) is 6.61. The Morgan fingerprint density at radius 1 is 1.07 bits per heavy atom. The van der Waals surface area contributed by atoms with Crippen molar-refractivity contribution < 1.29 is 9.53 Å². The Hall–Kier alpha value is -5.35. The first-order valence-electron chi connectivity index (χ1n) is 13.6. The molecule has 0 atom stereocenters. The average molecular weight is 588 g/mol. The van der Waals surface area contributed by atoms with Gasteiger partial charge in [-0.2, -0.15) is 5.10 Å². The molecule has 43 heavy (non-hydrogen) atoms. The Bertz CT molecular complexity index is 1990. The normalized spacial score (nSPS) is 11.0. The van der Waals surface area contributed by atoms with Crippen molar-refractivity contribution in [2.75, 3.05) is 5.73 Å². The van der Waals surface area contributed by atoms with E-state index in [4.69, 9.17) is 10.5 Å². The summed E-state index contributed by atoms with van der Waals surface area (Å²) in [5.41, 5.74) is 14.4. The van der Waals surface area contributed by atoms with Gasteiger partial charge in [0.1, 0.15) is 11.6 Å². The van der Waals surface area contributed by atoms with Crippen LogP contribution < -0.4 is 15.8 Å². The number of nitrogens with one attached hydrogen (secondary N) is 1. The number of amides is 1. The molecule has 0 fully saturated rings. The Morgan fingerprint density at radius 3 is 2.56 bits per heavy atom. The number of thiophene rings is 1. The molecule has 4 heterocycles. The first-order chi connectivity index (χ1) is 20.8. The fourth-order valence-electron chi connectivity index (χ4n) is 4.93. The molecule has 4 aromatic heterocycles. The van der Waals surface area contributed by atoms with Gasteiger partial charge in [-0.1, -0.05) is 36.9 Å². The number of nitrogen functional groups attached to an aromatic ring is 1. The monoisotopic (exact) mass is 587 g/mol. The number of rotatable bonds is 8. The minimum Gasteiger partial charge on any atom is -0.424 e. The molecule has 214 valence electrons. The summed E-state index contributed by atoms with van der Waals surface area (Å²) in [4.78, 5) is 25.9.